The number of aryl methyl sites for hydroxylation is 1. The summed E-state index contributed by atoms with van der Waals surface area (Å²) in [6, 6.07) is 4.00. The fourth-order valence-corrected chi connectivity index (χ4v) is 1.92. The zero-order valence-electron chi connectivity index (χ0n) is 8.94. The first kappa shape index (κ1) is 10.3. The molecule has 0 unspecified atom stereocenters. The van der Waals surface area contributed by atoms with E-state index in [2.05, 4.69) is 10.1 Å². The maximum Gasteiger partial charge on any atom is 0.268 e. The molecule has 2 aromatic rings. The highest BCUT2D eigenvalue weighted by atomic mass is 32.1. The molecule has 0 aromatic carbocycles. The molecule has 0 fully saturated rings. The predicted molar refractivity (Wildman–Crippen MR) is 59.6 cm³/mol. The summed E-state index contributed by atoms with van der Waals surface area (Å²) in [7, 11) is 0. The molecule has 0 radical (unpaired) electrons. The van der Waals surface area contributed by atoms with Gasteiger partial charge in [-0.1, -0.05) is 5.16 Å². The van der Waals surface area contributed by atoms with Crippen LogP contribution in [0.2, 0.25) is 0 Å². The topological polar surface area (TPSA) is 64.9 Å². The second-order valence-corrected chi connectivity index (χ2v) is 5.34. The molecular weight excluding hydrogens is 210 g/mol. The third-order valence-corrected chi connectivity index (χ3v) is 2.94. The maximum atomic E-state index is 5.87. The molecule has 0 aliphatic heterocycles. The van der Waals surface area contributed by atoms with Gasteiger partial charge in [0, 0.05) is 4.88 Å². The van der Waals surface area contributed by atoms with E-state index in [0.29, 0.717) is 11.7 Å². The van der Waals surface area contributed by atoms with Crippen LogP contribution in [0.25, 0.3) is 10.8 Å². The molecule has 5 heteroatoms. The molecule has 0 saturated carbocycles. The van der Waals surface area contributed by atoms with Gasteiger partial charge in [-0.15, -0.1) is 11.3 Å². The first-order chi connectivity index (χ1) is 6.97. The van der Waals surface area contributed by atoms with Crippen LogP contribution in [-0.2, 0) is 5.54 Å². The average molecular weight is 223 g/mol. The van der Waals surface area contributed by atoms with E-state index in [9.17, 15) is 0 Å². The molecule has 0 amide bonds. The molecule has 0 atom stereocenters. The molecule has 15 heavy (non-hydrogen) atoms. The molecule has 0 spiro atoms. The normalized spacial score (nSPS) is 12.0. The molecule has 0 aliphatic rings. The van der Waals surface area contributed by atoms with Crippen molar-refractivity contribution in [3.8, 4) is 10.8 Å². The first-order valence-electron chi connectivity index (χ1n) is 4.67. The van der Waals surface area contributed by atoms with Crippen LogP contribution in [0.4, 0.5) is 0 Å². The number of hydrogen-bond donors (Lipinski definition) is 1. The monoisotopic (exact) mass is 223 g/mol. The fraction of sp³-hybridized carbons (Fsp3) is 0.400. The van der Waals surface area contributed by atoms with Crippen LogP contribution < -0.4 is 5.73 Å². The number of rotatable bonds is 2. The molecule has 2 aromatic heterocycles. The minimum absolute atomic E-state index is 0.531. The first-order valence-corrected chi connectivity index (χ1v) is 5.48. The summed E-state index contributed by atoms with van der Waals surface area (Å²) in [4.78, 5) is 6.47. The van der Waals surface area contributed by atoms with Crippen molar-refractivity contribution in [3.63, 3.8) is 0 Å². The van der Waals surface area contributed by atoms with E-state index < -0.39 is 5.54 Å². The molecule has 2 rings (SSSR count). The van der Waals surface area contributed by atoms with Crippen LogP contribution in [0.1, 0.15) is 24.5 Å². The molecule has 0 aliphatic carbocycles. The van der Waals surface area contributed by atoms with Crippen LogP contribution in [0.5, 0.6) is 0 Å². The molecule has 0 saturated heterocycles. The van der Waals surface area contributed by atoms with Gasteiger partial charge >= 0.3 is 0 Å². The van der Waals surface area contributed by atoms with E-state index in [4.69, 9.17) is 10.3 Å². The summed E-state index contributed by atoms with van der Waals surface area (Å²) < 4.78 is 5.16. The Labute approximate surface area is 92.1 Å². The summed E-state index contributed by atoms with van der Waals surface area (Å²) in [5.74, 6) is 1.07. The minimum Gasteiger partial charge on any atom is -0.333 e. The Morgan fingerprint density at radius 2 is 2.13 bits per heavy atom. The Balaban J connectivity index is 2.36. The van der Waals surface area contributed by atoms with E-state index in [-0.39, 0.29) is 0 Å². The van der Waals surface area contributed by atoms with E-state index in [1.54, 1.807) is 11.3 Å². The summed E-state index contributed by atoms with van der Waals surface area (Å²) in [5.41, 5.74) is 5.31. The molecule has 80 valence electrons. The Hall–Kier alpha value is -1.20. The number of hydrogen-bond acceptors (Lipinski definition) is 5. The van der Waals surface area contributed by atoms with Crippen molar-refractivity contribution in [1.29, 1.82) is 0 Å². The maximum absolute atomic E-state index is 5.87. The minimum atomic E-state index is -0.561. The second-order valence-electron chi connectivity index (χ2n) is 4.06. The van der Waals surface area contributed by atoms with Crippen LogP contribution >= 0.6 is 11.3 Å². The van der Waals surface area contributed by atoms with Gasteiger partial charge in [0.15, 0.2) is 5.82 Å². The van der Waals surface area contributed by atoms with Crippen LogP contribution in [0.3, 0.4) is 0 Å². The Kier molecular flexibility index (Phi) is 2.36. The van der Waals surface area contributed by atoms with Crippen molar-refractivity contribution in [3.05, 3.63) is 22.8 Å². The lowest BCUT2D eigenvalue weighted by Gasteiger charge is -2.11. The van der Waals surface area contributed by atoms with Gasteiger partial charge in [0.25, 0.3) is 5.89 Å². The Bertz CT molecular complexity index is 467. The Morgan fingerprint density at radius 3 is 2.60 bits per heavy atom. The second kappa shape index (κ2) is 3.43. The van der Waals surface area contributed by atoms with E-state index in [1.165, 1.54) is 4.88 Å². The molecule has 2 N–H and O–H groups in total. The summed E-state index contributed by atoms with van der Waals surface area (Å²) in [6.07, 6.45) is 0. The summed E-state index contributed by atoms with van der Waals surface area (Å²) >= 11 is 1.63. The smallest absolute Gasteiger partial charge is 0.268 e. The average Bonchev–Trinajstić information content (AvgIpc) is 2.69. The van der Waals surface area contributed by atoms with Crippen molar-refractivity contribution >= 4 is 11.3 Å². The van der Waals surface area contributed by atoms with Gasteiger partial charge in [-0.25, -0.2) is 0 Å². The van der Waals surface area contributed by atoms with E-state index >= 15 is 0 Å². The zero-order chi connectivity index (χ0) is 11.1. The SMILES string of the molecule is Cc1ccc(-c2nc(C(C)(C)N)no2)s1. The third kappa shape index (κ3) is 2.08. The standard InChI is InChI=1S/C10H13N3OS/c1-6-4-5-7(15-6)8-12-9(13-14-8)10(2,3)11/h4-5H,11H2,1-3H3. The van der Waals surface area contributed by atoms with Crippen molar-refractivity contribution in [2.45, 2.75) is 26.3 Å². The van der Waals surface area contributed by atoms with Gasteiger partial charge in [0.05, 0.1) is 10.4 Å². The number of thiophene rings is 1. The number of nitrogens with zero attached hydrogens (tertiary/aromatic N) is 2. The van der Waals surface area contributed by atoms with Gasteiger partial charge in [-0.2, -0.15) is 4.98 Å². The lowest BCUT2D eigenvalue weighted by Crippen LogP contribution is -2.30. The predicted octanol–water partition coefficient (Wildman–Crippen LogP) is 2.30. The highest BCUT2D eigenvalue weighted by molar-refractivity contribution is 7.15. The number of nitrogens with two attached hydrogens (primary N) is 1. The van der Waals surface area contributed by atoms with Crippen LogP contribution in [-0.4, -0.2) is 10.1 Å². The van der Waals surface area contributed by atoms with Crippen molar-refractivity contribution in [1.82, 2.24) is 10.1 Å². The largest absolute Gasteiger partial charge is 0.333 e. The van der Waals surface area contributed by atoms with Crippen LogP contribution in [0.15, 0.2) is 16.7 Å². The van der Waals surface area contributed by atoms with Crippen LogP contribution in [0, 0.1) is 6.92 Å². The third-order valence-electron chi connectivity index (χ3n) is 1.95. The van der Waals surface area contributed by atoms with E-state index in [0.717, 1.165) is 4.88 Å². The Morgan fingerprint density at radius 1 is 1.40 bits per heavy atom. The quantitative estimate of drug-likeness (QED) is 0.848. The molecule has 0 bridgehead atoms. The highest BCUT2D eigenvalue weighted by Crippen LogP contribution is 2.27. The lowest BCUT2D eigenvalue weighted by molar-refractivity contribution is 0.397. The molecule has 4 nitrogen and oxygen atoms in total. The molecular formula is C10H13N3OS. The zero-order valence-corrected chi connectivity index (χ0v) is 9.76. The van der Waals surface area contributed by atoms with Gasteiger partial charge in [-0.05, 0) is 32.9 Å². The van der Waals surface area contributed by atoms with Crippen molar-refractivity contribution in [2.24, 2.45) is 5.73 Å². The summed E-state index contributed by atoms with van der Waals surface area (Å²) in [6.45, 7) is 5.74. The summed E-state index contributed by atoms with van der Waals surface area (Å²) in [5, 5.41) is 3.87. The van der Waals surface area contributed by atoms with Gasteiger partial charge in [0.2, 0.25) is 0 Å². The highest BCUT2D eigenvalue weighted by Gasteiger charge is 2.22. The molecule has 2 heterocycles. The lowest BCUT2D eigenvalue weighted by atomic mass is 10.1. The van der Waals surface area contributed by atoms with Gasteiger partial charge in [-0.3, -0.25) is 0 Å². The fourth-order valence-electron chi connectivity index (χ4n) is 1.13. The van der Waals surface area contributed by atoms with Crippen molar-refractivity contribution < 1.29 is 4.52 Å². The van der Waals surface area contributed by atoms with Crippen molar-refractivity contribution in [2.75, 3.05) is 0 Å². The van der Waals surface area contributed by atoms with E-state index in [1.807, 2.05) is 32.9 Å². The van der Waals surface area contributed by atoms with Gasteiger partial charge in [0.1, 0.15) is 0 Å². The van der Waals surface area contributed by atoms with Gasteiger partial charge < -0.3 is 10.3 Å². The number of aromatic nitrogens is 2.